The molecule has 0 aliphatic carbocycles. The van der Waals surface area contributed by atoms with E-state index >= 15 is 0 Å². The molecule has 128 valence electrons. The number of piperazine rings is 1. The van der Waals surface area contributed by atoms with Gasteiger partial charge in [-0.3, -0.25) is 9.80 Å². The number of ether oxygens (including phenoxy) is 1. The van der Waals surface area contributed by atoms with Crippen LogP contribution < -0.4 is 10.1 Å². The van der Waals surface area contributed by atoms with E-state index in [1.807, 2.05) is 0 Å². The summed E-state index contributed by atoms with van der Waals surface area (Å²) < 4.78 is 5.52. The predicted molar refractivity (Wildman–Crippen MR) is 98.6 cm³/mol. The van der Waals surface area contributed by atoms with Crippen LogP contribution in [0.15, 0.2) is 36.4 Å². The molecule has 0 radical (unpaired) electrons. The van der Waals surface area contributed by atoms with E-state index in [4.69, 9.17) is 4.74 Å². The van der Waals surface area contributed by atoms with Crippen LogP contribution in [-0.4, -0.2) is 62.2 Å². The molecule has 0 saturated carbocycles. The van der Waals surface area contributed by atoms with Gasteiger partial charge in [0.1, 0.15) is 5.75 Å². The molecule has 0 spiro atoms. The first kappa shape index (κ1) is 15.9. The van der Waals surface area contributed by atoms with Crippen molar-refractivity contribution in [2.24, 2.45) is 0 Å². The normalized spacial score (nSPS) is 23.0. The van der Waals surface area contributed by atoms with Crippen LogP contribution in [0, 0.1) is 0 Å². The molecule has 0 aromatic heterocycles. The summed E-state index contributed by atoms with van der Waals surface area (Å²) >= 11 is 0. The lowest BCUT2D eigenvalue weighted by atomic mass is 10.0. The monoisotopic (exact) mass is 325 g/mol. The van der Waals surface area contributed by atoms with Gasteiger partial charge < -0.3 is 10.1 Å². The summed E-state index contributed by atoms with van der Waals surface area (Å²) in [5, 5.41) is 6.02. The molecule has 0 amide bonds. The van der Waals surface area contributed by atoms with Crippen LogP contribution in [0.2, 0.25) is 0 Å². The summed E-state index contributed by atoms with van der Waals surface area (Å²) in [5.41, 5.74) is 1.40. The second-order valence-electron chi connectivity index (χ2n) is 6.93. The van der Waals surface area contributed by atoms with Crippen LogP contribution in [-0.2, 0) is 6.54 Å². The number of hydrogen-bond acceptors (Lipinski definition) is 4. The van der Waals surface area contributed by atoms with E-state index in [1.54, 1.807) is 7.11 Å². The van der Waals surface area contributed by atoms with Gasteiger partial charge in [0.15, 0.2) is 0 Å². The highest BCUT2D eigenvalue weighted by molar-refractivity contribution is 5.91. The number of fused-ring (bicyclic) bond motifs is 1. The standard InChI is InChI=1S/C20H27N3O/c1-24-20-7-6-16(18-4-2-3-5-19(18)20)15-22-10-12-23(13-11-22)17-8-9-21-14-17/h2-7,17,21H,8-15H2,1H3. The van der Waals surface area contributed by atoms with Crippen molar-refractivity contribution in [2.75, 3.05) is 46.4 Å². The zero-order valence-electron chi connectivity index (χ0n) is 14.5. The Kier molecular flexibility index (Phi) is 4.69. The van der Waals surface area contributed by atoms with E-state index in [0.717, 1.165) is 31.4 Å². The Bertz CT molecular complexity index is 688. The minimum atomic E-state index is 0.758. The van der Waals surface area contributed by atoms with Crippen LogP contribution in [0.5, 0.6) is 5.75 Å². The Morgan fingerprint density at radius 1 is 1.04 bits per heavy atom. The lowest BCUT2D eigenvalue weighted by molar-refractivity contribution is 0.0984. The second-order valence-corrected chi connectivity index (χ2v) is 6.93. The van der Waals surface area contributed by atoms with Gasteiger partial charge >= 0.3 is 0 Å². The Morgan fingerprint density at radius 3 is 2.54 bits per heavy atom. The highest BCUT2D eigenvalue weighted by Gasteiger charge is 2.26. The molecule has 2 aliphatic heterocycles. The van der Waals surface area contributed by atoms with Crippen molar-refractivity contribution in [3.05, 3.63) is 42.0 Å². The maximum Gasteiger partial charge on any atom is 0.126 e. The number of nitrogens with zero attached hydrogens (tertiary/aromatic N) is 2. The average molecular weight is 325 g/mol. The second kappa shape index (κ2) is 7.09. The van der Waals surface area contributed by atoms with Gasteiger partial charge in [0, 0.05) is 50.7 Å². The molecule has 2 aromatic rings. The van der Waals surface area contributed by atoms with E-state index < -0.39 is 0 Å². The third-order valence-corrected chi connectivity index (χ3v) is 5.55. The van der Waals surface area contributed by atoms with Crippen LogP contribution >= 0.6 is 0 Å². The molecule has 2 heterocycles. The van der Waals surface area contributed by atoms with Gasteiger partial charge in [-0.2, -0.15) is 0 Å². The molecular weight excluding hydrogens is 298 g/mol. The summed E-state index contributed by atoms with van der Waals surface area (Å²) in [6.45, 7) is 8.10. The average Bonchev–Trinajstić information content (AvgIpc) is 3.17. The molecule has 4 heteroatoms. The third kappa shape index (κ3) is 3.14. The van der Waals surface area contributed by atoms with Crippen molar-refractivity contribution >= 4 is 10.8 Å². The van der Waals surface area contributed by atoms with Gasteiger partial charge in [0.05, 0.1) is 7.11 Å². The van der Waals surface area contributed by atoms with Crippen molar-refractivity contribution in [3.8, 4) is 5.75 Å². The topological polar surface area (TPSA) is 27.7 Å². The Labute approximate surface area is 144 Å². The highest BCUT2D eigenvalue weighted by atomic mass is 16.5. The zero-order valence-corrected chi connectivity index (χ0v) is 14.5. The molecule has 4 rings (SSSR count). The molecule has 2 fully saturated rings. The molecule has 0 bridgehead atoms. The number of hydrogen-bond donors (Lipinski definition) is 1. The fraction of sp³-hybridized carbons (Fsp3) is 0.500. The van der Waals surface area contributed by atoms with Gasteiger partial charge in [-0.25, -0.2) is 0 Å². The molecule has 4 nitrogen and oxygen atoms in total. The summed E-state index contributed by atoms with van der Waals surface area (Å²) in [6.07, 6.45) is 1.31. The summed E-state index contributed by atoms with van der Waals surface area (Å²) in [6, 6.07) is 13.7. The minimum Gasteiger partial charge on any atom is -0.496 e. The van der Waals surface area contributed by atoms with Crippen LogP contribution in [0.25, 0.3) is 10.8 Å². The van der Waals surface area contributed by atoms with Crippen molar-refractivity contribution < 1.29 is 4.74 Å². The van der Waals surface area contributed by atoms with E-state index in [-0.39, 0.29) is 0 Å². The van der Waals surface area contributed by atoms with Gasteiger partial charge in [-0.15, -0.1) is 0 Å². The van der Waals surface area contributed by atoms with Gasteiger partial charge in [-0.1, -0.05) is 30.3 Å². The molecule has 1 atom stereocenters. The first-order valence-corrected chi connectivity index (χ1v) is 9.07. The molecule has 1 unspecified atom stereocenters. The quantitative estimate of drug-likeness (QED) is 0.934. The van der Waals surface area contributed by atoms with E-state index in [2.05, 4.69) is 51.5 Å². The Morgan fingerprint density at radius 2 is 1.83 bits per heavy atom. The molecule has 2 aliphatic rings. The first-order valence-electron chi connectivity index (χ1n) is 9.07. The fourth-order valence-electron chi connectivity index (χ4n) is 4.13. The van der Waals surface area contributed by atoms with Gasteiger partial charge in [0.25, 0.3) is 0 Å². The maximum atomic E-state index is 5.52. The molecule has 2 aromatic carbocycles. The summed E-state index contributed by atoms with van der Waals surface area (Å²) in [5.74, 6) is 0.966. The molecular formula is C20H27N3O. The predicted octanol–water partition coefficient (Wildman–Crippen LogP) is 2.33. The van der Waals surface area contributed by atoms with Crippen molar-refractivity contribution in [2.45, 2.75) is 19.0 Å². The SMILES string of the molecule is COc1ccc(CN2CCN(C3CCNC3)CC2)c2ccccc12. The fourth-order valence-corrected chi connectivity index (χ4v) is 4.13. The Balaban J connectivity index is 1.45. The Hall–Kier alpha value is -1.62. The highest BCUT2D eigenvalue weighted by Crippen LogP contribution is 2.29. The summed E-state index contributed by atoms with van der Waals surface area (Å²) in [4.78, 5) is 5.26. The van der Waals surface area contributed by atoms with Crippen molar-refractivity contribution in [3.63, 3.8) is 0 Å². The first-order chi connectivity index (χ1) is 11.8. The van der Waals surface area contributed by atoms with Crippen LogP contribution in [0.3, 0.4) is 0 Å². The smallest absolute Gasteiger partial charge is 0.126 e. The van der Waals surface area contributed by atoms with Crippen molar-refractivity contribution in [1.82, 2.24) is 15.1 Å². The van der Waals surface area contributed by atoms with Crippen LogP contribution in [0.4, 0.5) is 0 Å². The minimum absolute atomic E-state index is 0.758. The number of nitrogens with one attached hydrogen (secondary N) is 1. The molecule has 2 saturated heterocycles. The number of methoxy groups -OCH3 is 1. The van der Waals surface area contributed by atoms with Crippen molar-refractivity contribution in [1.29, 1.82) is 0 Å². The number of benzene rings is 2. The van der Waals surface area contributed by atoms with E-state index in [9.17, 15) is 0 Å². The van der Waals surface area contributed by atoms with E-state index in [1.165, 1.54) is 48.9 Å². The van der Waals surface area contributed by atoms with E-state index in [0.29, 0.717) is 0 Å². The maximum absolute atomic E-state index is 5.52. The third-order valence-electron chi connectivity index (χ3n) is 5.55. The van der Waals surface area contributed by atoms with Gasteiger partial charge in [-0.05, 0) is 30.0 Å². The summed E-state index contributed by atoms with van der Waals surface area (Å²) in [7, 11) is 1.75. The van der Waals surface area contributed by atoms with Crippen LogP contribution in [0.1, 0.15) is 12.0 Å². The lowest BCUT2D eigenvalue weighted by Crippen LogP contribution is -2.50. The molecule has 1 N–H and O–H groups in total. The number of rotatable bonds is 4. The largest absolute Gasteiger partial charge is 0.496 e. The molecule has 24 heavy (non-hydrogen) atoms. The lowest BCUT2D eigenvalue weighted by Gasteiger charge is -2.38. The van der Waals surface area contributed by atoms with Gasteiger partial charge in [0.2, 0.25) is 0 Å². The zero-order chi connectivity index (χ0) is 16.4.